The van der Waals surface area contributed by atoms with Gasteiger partial charge in [-0.05, 0) is 38.2 Å². The number of hydrogen-bond acceptors (Lipinski definition) is 6. The van der Waals surface area contributed by atoms with E-state index < -0.39 is 23.5 Å². The zero-order valence-electron chi connectivity index (χ0n) is 17.7. The third-order valence-corrected chi connectivity index (χ3v) is 5.73. The Bertz CT molecular complexity index is 1120. The summed E-state index contributed by atoms with van der Waals surface area (Å²) in [5, 5.41) is 2.83. The van der Waals surface area contributed by atoms with Gasteiger partial charge in [0, 0.05) is 17.0 Å². The molecule has 0 atom stereocenters. The third kappa shape index (κ3) is 6.68. The predicted octanol–water partition coefficient (Wildman–Crippen LogP) is 5.90. The maximum absolute atomic E-state index is 14.0. The number of carbonyl (C=O) groups is 1. The summed E-state index contributed by atoms with van der Waals surface area (Å²) >= 11 is 6.78. The molecule has 0 aliphatic carbocycles. The largest absolute Gasteiger partial charge is 0.416 e. The number of nitrogens with one attached hydrogen (secondary N) is 1. The van der Waals surface area contributed by atoms with Crippen LogP contribution >= 0.6 is 22.9 Å². The van der Waals surface area contributed by atoms with Crippen molar-refractivity contribution in [1.29, 1.82) is 0 Å². The summed E-state index contributed by atoms with van der Waals surface area (Å²) in [5.74, 6) is -1.64. The molecular formula is C21H20ClF4N5OS. The lowest BCUT2D eigenvalue weighted by Gasteiger charge is -2.16. The van der Waals surface area contributed by atoms with E-state index in [1.165, 1.54) is 12.4 Å². The predicted molar refractivity (Wildman–Crippen MR) is 119 cm³/mol. The Labute approximate surface area is 196 Å². The molecule has 12 heteroatoms. The molecule has 3 aromatic rings. The van der Waals surface area contributed by atoms with E-state index in [4.69, 9.17) is 11.6 Å². The summed E-state index contributed by atoms with van der Waals surface area (Å²) in [5.41, 5.74) is -0.976. The van der Waals surface area contributed by atoms with Crippen LogP contribution in [0.3, 0.4) is 0 Å². The Kier molecular flexibility index (Phi) is 7.98. The van der Waals surface area contributed by atoms with Gasteiger partial charge in [0.25, 0.3) is 5.91 Å². The van der Waals surface area contributed by atoms with E-state index in [9.17, 15) is 22.4 Å². The number of carbonyl (C=O) groups excluding carboxylic acids is 1. The van der Waals surface area contributed by atoms with Crippen LogP contribution in [0.5, 0.6) is 0 Å². The van der Waals surface area contributed by atoms with Crippen molar-refractivity contribution in [3.05, 3.63) is 57.7 Å². The van der Waals surface area contributed by atoms with Gasteiger partial charge in [0.2, 0.25) is 0 Å². The van der Waals surface area contributed by atoms with Crippen LogP contribution in [0.2, 0.25) is 5.15 Å². The number of rotatable bonds is 8. The Balaban J connectivity index is 1.97. The highest BCUT2D eigenvalue weighted by atomic mass is 35.5. The molecule has 0 saturated carbocycles. The standard InChI is InChI=1S/C21H20ClF4N5OS/c1-3-4-5-31(2)11-16-18(12-6-13(21(24,25)26)8-14(23)7-12)29-20(33-16)30-19(32)15-9-28-17(22)10-27-15/h6-10H,3-5,11H2,1-2H3,(H,29,30,32). The van der Waals surface area contributed by atoms with Gasteiger partial charge >= 0.3 is 6.18 Å². The van der Waals surface area contributed by atoms with E-state index >= 15 is 0 Å². The molecule has 1 aromatic carbocycles. The van der Waals surface area contributed by atoms with Crippen LogP contribution in [0.15, 0.2) is 30.6 Å². The number of alkyl halides is 3. The first-order valence-electron chi connectivity index (χ1n) is 9.92. The molecule has 0 aliphatic heterocycles. The normalized spacial score (nSPS) is 11.8. The number of hydrogen-bond donors (Lipinski definition) is 1. The maximum atomic E-state index is 14.0. The lowest BCUT2D eigenvalue weighted by Crippen LogP contribution is -2.18. The molecule has 0 spiro atoms. The fourth-order valence-electron chi connectivity index (χ4n) is 2.97. The lowest BCUT2D eigenvalue weighted by atomic mass is 10.1. The molecule has 2 aromatic heterocycles. The Morgan fingerprint density at radius 3 is 2.61 bits per heavy atom. The van der Waals surface area contributed by atoms with Crippen LogP contribution in [-0.4, -0.2) is 39.4 Å². The number of benzene rings is 1. The maximum Gasteiger partial charge on any atom is 0.416 e. The van der Waals surface area contributed by atoms with Crippen LogP contribution in [0.25, 0.3) is 11.3 Å². The first-order chi connectivity index (χ1) is 15.6. The van der Waals surface area contributed by atoms with Gasteiger partial charge in [0.15, 0.2) is 5.13 Å². The monoisotopic (exact) mass is 501 g/mol. The van der Waals surface area contributed by atoms with E-state index in [2.05, 4.69) is 20.3 Å². The van der Waals surface area contributed by atoms with Crippen LogP contribution in [-0.2, 0) is 12.7 Å². The second-order valence-electron chi connectivity index (χ2n) is 7.29. The second kappa shape index (κ2) is 10.5. The van der Waals surface area contributed by atoms with Gasteiger partial charge in [-0.25, -0.2) is 19.3 Å². The third-order valence-electron chi connectivity index (χ3n) is 4.58. The van der Waals surface area contributed by atoms with Crippen LogP contribution in [0, 0.1) is 5.82 Å². The van der Waals surface area contributed by atoms with E-state index in [0.717, 1.165) is 42.9 Å². The van der Waals surface area contributed by atoms with Gasteiger partial charge in [-0.1, -0.05) is 36.3 Å². The zero-order valence-corrected chi connectivity index (χ0v) is 19.3. The minimum atomic E-state index is -4.71. The SMILES string of the molecule is CCCCN(C)Cc1sc(NC(=O)c2cnc(Cl)cn2)nc1-c1cc(F)cc(C(F)(F)F)c1. The number of thiazole rings is 1. The smallest absolute Gasteiger partial charge is 0.301 e. The number of amides is 1. The molecule has 0 saturated heterocycles. The fourth-order valence-corrected chi connectivity index (χ4v) is 4.13. The van der Waals surface area contributed by atoms with Gasteiger partial charge in [0.05, 0.1) is 23.7 Å². The molecule has 0 aliphatic rings. The van der Waals surface area contributed by atoms with Crippen molar-refractivity contribution in [3.8, 4) is 11.3 Å². The fraction of sp³-hybridized carbons (Fsp3) is 0.333. The highest BCUT2D eigenvalue weighted by molar-refractivity contribution is 7.16. The molecule has 0 fully saturated rings. The molecule has 0 radical (unpaired) electrons. The van der Waals surface area contributed by atoms with Crippen LogP contribution in [0.1, 0.15) is 40.7 Å². The van der Waals surface area contributed by atoms with Gasteiger partial charge in [-0.3, -0.25) is 10.1 Å². The van der Waals surface area contributed by atoms with Crippen molar-refractivity contribution < 1.29 is 22.4 Å². The lowest BCUT2D eigenvalue weighted by molar-refractivity contribution is -0.137. The molecule has 0 unspecified atom stereocenters. The minimum absolute atomic E-state index is 0.0112. The molecule has 33 heavy (non-hydrogen) atoms. The minimum Gasteiger partial charge on any atom is -0.301 e. The Hall–Kier alpha value is -2.63. The highest BCUT2D eigenvalue weighted by Crippen LogP contribution is 2.37. The van der Waals surface area contributed by atoms with Crippen molar-refractivity contribution in [2.24, 2.45) is 0 Å². The molecule has 176 valence electrons. The van der Waals surface area contributed by atoms with Gasteiger partial charge in [-0.2, -0.15) is 13.2 Å². The second-order valence-corrected chi connectivity index (χ2v) is 8.76. The van der Waals surface area contributed by atoms with Crippen LogP contribution < -0.4 is 5.32 Å². The number of anilines is 1. The van der Waals surface area contributed by atoms with Crippen molar-refractivity contribution in [3.63, 3.8) is 0 Å². The average Bonchev–Trinajstić information content (AvgIpc) is 3.13. The summed E-state index contributed by atoms with van der Waals surface area (Å²) in [4.78, 5) is 27.0. The van der Waals surface area contributed by atoms with E-state index in [1.807, 2.05) is 18.9 Å². The van der Waals surface area contributed by atoms with Crippen molar-refractivity contribution in [1.82, 2.24) is 19.9 Å². The van der Waals surface area contributed by atoms with E-state index in [0.29, 0.717) is 17.5 Å². The van der Waals surface area contributed by atoms with E-state index in [-0.39, 0.29) is 27.2 Å². The quantitative estimate of drug-likeness (QED) is 0.389. The van der Waals surface area contributed by atoms with Gasteiger partial charge in [-0.15, -0.1) is 0 Å². The first-order valence-corrected chi connectivity index (χ1v) is 11.1. The molecule has 2 heterocycles. The molecule has 3 rings (SSSR count). The van der Waals surface area contributed by atoms with Crippen molar-refractivity contribution in [2.45, 2.75) is 32.5 Å². The topological polar surface area (TPSA) is 71.0 Å². The van der Waals surface area contributed by atoms with Gasteiger partial charge in [0.1, 0.15) is 16.7 Å². The number of aromatic nitrogens is 3. The number of halogens is 5. The molecular weight excluding hydrogens is 482 g/mol. The zero-order chi connectivity index (χ0) is 24.2. The Morgan fingerprint density at radius 1 is 1.21 bits per heavy atom. The Morgan fingerprint density at radius 2 is 1.97 bits per heavy atom. The van der Waals surface area contributed by atoms with Crippen molar-refractivity contribution >= 4 is 34.0 Å². The summed E-state index contributed by atoms with van der Waals surface area (Å²) in [6.45, 7) is 3.17. The summed E-state index contributed by atoms with van der Waals surface area (Å²) < 4.78 is 53.7. The summed E-state index contributed by atoms with van der Waals surface area (Å²) in [7, 11) is 1.87. The summed E-state index contributed by atoms with van der Waals surface area (Å²) in [6, 6.07) is 2.28. The molecule has 1 N–H and O–H groups in total. The molecule has 6 nitrogen and oxygen atoms in total. The van der Waals surface area contributed by atoms with E-state index in [1.54, 1.807) is 0 Å². The van der Waals surface area contributed by atoms with Gasteiger partial charge < -0.3 is 4.90 Å². The molecule has 0 bridgehead atoms. The van der Waals surface area contributed by atoms with Crippen molar-refractivity contribution in [2.75, 3.05) is 18.9 Å². The van der Waals surface area contributed by atoms with Crippen LogP contribution in [0.4, 0.5) is 22.7 Å². The number of unbranched alkanes of at least 4 members (excludes halogenated alkanes) is 1. The highest BCUT2D eigenvalue weighted by Gasteiger charge is 2.32. The molecule has 1 amide bonds. The average molecular weight is 502 g/mol. The summed E-state index contributed by atoms with van der Waals surface area (Å²) in [6.07, 6.45) is -0.407. The first kappa shape index (κ1) is 25.0. The number of nitrogens with zero attached hydrogens (tertiary/aromatic N) is 4.